The number of ether oxygens (including phenoxy) is 1. The van der Waals surface area contributed by atoms with Crippen LogP contribution in [0.25, 0.3) is 0 Å². The SMILES string of the molecule is CC(C)(C)OC(=O)N1CC(C(=O)O)C2(CCCCCCC2)C1. The number of hydrogen-bond acceptors (Lipinski definition) is 3. The van der Waals surface area contributed by atoms with Gasteiger partial charge >= 0.3 is 12.1 Å². The molecule has 126 valence electrons. The monoisotopic (exact) mass is 311 g/mol. The minimum Gasteiger partial charge on any atom is -0.481 e. The maximum absolute atomic E-state index is 12.3. The molecule has 1 aliphatic carbocycles. The third kappa shape index (κ3) is 3.93. The van der Waals surface area contributed by atoms with E-state index in [2.05, 4.69) is 0 Å². The first-order valence-corrected chi connectivity index (χ1v) is 8.44. The molecule has 0 radical (unpaired) electrons. The average Bonchev–Trinajstić information content (AvgIpc) is 2.73. The van der Waals surface area contributed by atoms with E-state index in [9.17, 15) is 14.7 Å². The number of carboxylic acids is 1. The number of aliphatic carboxylic acids is 1. The zero-order valence-electron chi connectivity index (χ0n) is 14.1. The zero-order chi connectivity index (χ0) is 16.4. The summed E-state index contributed by atoms with van der Waals surface area (Å²) >= 11 is 0. The largest absolute Gasteiger partial charge is 0.481 e. The molecule has 22 heavy (non-hydrogen) atoms. The highest BCUT2D eigenvalue weighted by molar-refractivity contribution is 5.75. The summed E-state index contributed by atoms with van der Waals surface area (Å²) in [5.74, 6) is -1.23. The van der Waals surface area contributed by atoms with Crippen molar-refractivity contribution in [3.05, 3.63) is 0 Å². The molecule has 1 aliphatic heterocycles. The molecule has 1 atom stereocenters. The molecular weight excluding hydrogens is 282 g/mol. The Kier molecular flexibility index (Phi) is 5.03. The normalized spacial score (nSPS) is 25.6. The Labute approximate surface area is 133 Å². The van der Waals surface area contributed by atoms with E-state index in [0.717, 1.165) is 25.7 Å². The third-order valence-corrected chi connectivity index (χ3v) is 4.95. The molecular formula is C17H29NO4. The Balaban J connectivity index is 2.14. The molecule has 2 aliphatic rings. The maximum Gasteiger partial charge on any atom is 0.410 e. The van der Waals surface area contributed by atoms with Gasteiger partial charge in [-0.1, -0.05) is 32.1 Å². The first-order valence-electron chi connectivity index (χ1n) is 8.44. The number of hydrogen-bond donors (Lipinski definition) is 1. The van der Waals surface area contributed by atoms with Crippen molar-refractivity contribution >= 4 is 12.1 Å². The van der Waals surface area contributed by atoms with Crippen LogP contribution in [0.2, 0.25) is 0 Å². The lowest BCUT2D eigenvalue weighted by atomic mass is 9.69. The Bertz CT molecular complexity index is 419. The average molecular weight is 311 g/mol. The molecule has 5 nitrogen and oxygen atoms in total. The Morgan fingerprint density at radius 1 is 1.09 bits per heavy atom. The van der Waals surface area contributed by atoms with Gasteiger partial charge in [0.15, 0.2) is 0 Å². The molecule has 1 saturated carbocycles. The third-order valence-electron chi connectivity index (χ3n) is 4.95. The van der Waals surface area contributed by atoms with E-state index in [1.807, 2.05) is 20.8 Å². The summed E-state index contributed by atoms with van der Waals surface area (Å²) in [7, 11) is 0. The quantitative estimate of drug-likeness (QED) is 0.802. The van der Waals surface area contributed by atoms with Crippen LogP contribution in [0.1, 0.15) is 65.7 Å². The van der Waals surface area contributed by atoms with E-state index >= 15 is 0 Å². The first-order chi connectivity index (χ1) is 10.2. The minimum absolute atomic E-state index is 0.261. The molecule has 1 amide bonds. The lowest BCUT2D eigenvalue weighted by Crippen LogP contribution is -2.37. The van der Waals surface area contributed by atoms with E-state index in [1.54, 1.807) is 4.90 Å². The predicted octanol–water partition coefficient (Wildman–Crippen LogP) is 3.67. The number of likely N-dealkylation sites (tertiary alicyclic amines) is 1. The van der Waals surface area contributed by atoms with Crippen molar-refractivity contribution in [1.82, 2.24) is 4.90 Å². The highest BCUT2D eigenvalue weighted by Gasteiger charge is 2.51. The van der Waals surface area contributed by atoms with Gasteiger partial charge in [-0.2, -0.15) is 0 Å². The second-order valence-corrected chi connectivity index (χ2v) is 7.88. The van der Waals surface area contributed by atoms with E-state index < -0.39 is 17.5 Å². The van der Waals surface area contributed by atoms with Crippen molar-refractivity contribution in [3.63, 3.8) is 0 Å². The van der Waals surface area contributed by atoms with Crippen molar-refractivity contribution < 1.29 is 19.4 Å². The molecule has 2 rings (SSSR count). The van der Waals surface area contributed by atoms with Crippen LogP contribution in [0.3, 0.4) is 0 Å². The van der Waals surface area contributed by atoms with Gasteiger partial charge in [0.1, 0.15) is 5.60 Å². The lowest BCUT2D eigenvalue weighted by Gasteiger charge is -2.34. The second kappa shape index (κ2) is 6.47. The molecule has 1 unspecified atom stereocenters. The van der Waals surface area contributed by atoms with Gasteiger partial charge < -0.3 is 14.7 Å². The second-order valence-electron chi connectivity index (χ2n) is 7.88. The Hall–Kier alpha value is -1.26. The number of amides is 1. The van der Waals surface area contributed by atoms with Crippen molar-refractivity contribution in [2.75, 3.05) is 13.1 Å². The van der Waals surface area contributed by atoms with Gasteiger partial charge in [-0.3, -0.25) is 4.79 Å². The molecule has 0 aromatic heterocycles. The van der Waals surface area contributed by atoms with Gasteiger partial charge in [-0.25, -0.2) is 4.79 Å². The van der Waals surface area contributed by atoms with Gasteiger partial charge in [0.2, 0.25) is 0 Å². The van der Waals surface area contributed by atoms with Gasteiger partial charge in [0.05, 0.1) is 5.92 Å². The van der Waals surface area contributed by atoms with Crippen molar-refractivity contribution in [2.24, 2.45) is 11.3 Å². The molecule has 0 bridgehead atoms. The summed E-state index contributed by atoms with van der Waals surface area (Å²) in [6.07, 6.45) is 7.13. The Morgan fingerprint density at radius 3 is 2.14 bits per heavy atom. The number of rotatable bonds is 1. The fourth-order valence-electron chi connectivity index (χ4n) is 3.89. The van der Waals surface area contributed by atoms with Crippen LogP contribution in [0, 0.1) is 11.3 Å². The topological polar surface area (TPSA) is 66.8 Å². The first kappa shape index (κ1) is 17.1. The smallest absolute Gasteiger partial charge is 0.410 e. The highest BCUT2D eigenvalue weighted by atomic mass is 16.6. The predicted molar refractivity (Wildman–Crippen MR) is 83.7 cm³/mol. The number of carboxylic acid groups (broad SMARTS) is 1. The molecule has 0 aromatic carbocycles. The van der Waals surface area contributed by atoms with Gasteiger partial charge in [0.25, 0.3) is 0 Å². The van der Waals surface area contributed by atoms with Crippen LogP contribution < -0.4 is 0 Å². The van der Waals surface area contributed by atoms with Crippen molar-refractivity contribution in [1.29, 1.82) is 0 Å². The van der Waals surface area contributed by atoms with Gasteiger partial charge in [0, 0.05) is 18.5 Å². The summed E-state index contributed by atoms with van der Waals surface area (Å²) in [6, 6.07) is 0. The Morgan fingerprint density at radius 2 is 1.64 bits per heavy atom. The zero-order valence-corrected chi connectivity index (χ0v) is 14.1. The van der Waals surface area contributed by atoms with Crippen molar-refractivity contribution in [3.8, 4) is 0 Å². The summed E-state index contributed by atoms with van der Waals surface area (Å²) in [6.45, 7) is 6.31. The van der Waals surface area contributed by atoms with E-state index in [4.69, 9.17) is 4.74 Å². The molecule has 5 heteroatoms. The lowest BCUT2D eigenvalue weighted by molar-refractivity contribution is -0.145. The van der Waals surface area contributed by atoms with Crippen LogP contribution in [-0.4, -0.2) is 40.8 Å². The summed E-state index contributed by atoms with van der Waals surface area (Å²) < 4.78 is 5.43. The van der Waals surface area contributed by atoms with E-state index in [0.29, 0.717) is 6.54 Å². The summed E-state index contributed by atoms with van der Waals surface area (Å²) in [5.41, 5.74) is -0.810. The molecule has 2 fully saturated rings. The van der Waals surface area contributed by atoms with E-state index in [-0.39, 0.29) is 18.1 Å². The molecule has 0 aromatic rings. The summed E-state index contributed by atoms with van der Waals surface area (Å²) in [5, 5.41) is 9.65. The van der Waals surface area contributed by atoms with Crippen LogP contribution >= 0.6 is 0 Å². The standard InChI is InChI=1S/C17H29NO4/c1-16(2,3)22-15(21)18-11-13(14(19)20)17(12-18)9-7-5-4-6-8-10-17/h13H,4-12H2,1-3H3,(H,19,20). The molecule has 1 N–H and O–H groups in total. The number of nitrogens with zero attached hydrogens (tertiary/aromatic N) is 1. The van der Waals surface area contributed by atoms with Gasteiger partial charge in [-0.05, 0) is 33.6 Å². The maximum atomic E-state index is 12.3. The van der Waals surface area contributed by atoms with Crippen LogP contribution in [-0.2, 0) is 9.53 Å². The van der Waals surface area contributed by atoms with E-state index in [1.165, 1.54) is 19.3 Å². The number of carbonyl (C=O) groups is 2. The molecule has 1 saturated heterocycles. The minimum atomic E-state index is -0.772. The van der Waals surface area contributed by atoms with Crippen molar-refractivity contribution in [2.45, 2.75) is 71.3 Å². The highest BCUT2D eigenvalue weighted by Crippen LogP contribution is 2.46. The van der Waals surface area contributed by atoms with Crippen LogP contribution in [0.4, 0.5) is 4.79 Å². The van der Waals surface area contributed by atoms with Gasteiger partial charge in [-0.15, -0.1) is 0 Å². The van der Waals surface area contributed by atoms with Crippen LogP contribution in [0.5, 0.6) is 0 Å². The van der Waals surface area contributed by atoms with Crippen LogP contribution in [0.15, 0.2) is 0 Å². The molecule has 1 spiro atoms. The molecule has 1 heterocycles. The summed E-state index contributed by atoms with van der Waals surface area (Å²) in [4.78, 5) is 25.7. The fraction of sp³-hybridized carbons (Fsp3) is 0.882. The fourth-order valence-corrected chi connectivity index (χ4v) is 3.89. The number of carbonyl (C=O) groups excluding carboxylic acids is 1.